The van der Waals surface area contributed by atoms with Gasteiger partial charge in [0.05, 0.1) is 17.2 Å². The Labute approximate surface area is 124 Å². The third-order valence-corrected chi connectivity index (χ3v) is 4.80. The fraction of sp³-hybridized carbons (Fsp3) is 0.412. The number of imidazole rings is 1. The maximum atomic E-state index is 6.23. The zero-order valence-electron chi connectivity index (χ0n) is 12.3. The van der Waals surface area contributed by atoms with E-state index in [1.54, 1.807) is 0 Å². The van der Waals surface area contributed by atoms with Crippen molar-refractivity contribution in [3.63, 3.8) is 0 Å². The van der Waals surface area contributed by atoms with Crippen LogP contribution in [-0.4, -0.2) is 14.5 Å². The first-order chi connectivity index (χ1) is 10.2. The van der Waals surface area contributed by atoms with E-state index in [0.29, 0.717) is 12.0 Å². The zero-order valence-corrected chi connectivity index (χ0v) is 12.3. The van der Waals surface area contributed by atoms with Gasteiger partial charge in [0, 0.05) is 11.4 Å². The van der Waals surface area contributed by atoms with E-state index < -0.39 is 0 Å². The summed E-state index contributed by atoms with van der Waals surface area (Å²) in [4.78, 5) is 9.03. The third-order valence-electron chi connectivity index (χ3n) is 4.80. The molecule has 4 heteroatoms. The van der Waals surface area contributed by atoms with Crippen LogP contribution in [0.2, 0.25) is 0 Å². The van der Waals surface area contributed by atoms with Gasteiger partial charge < -0.3 is 10.3 Å². The number of hydrogen-bond donors (Lipinski definition) is 1. The van der Waals surface area contributed by atoms with Crippen LogP contribution in [0.3, 0.4) is 0 Å². The summed E-state index contributed by atoms with van der Waals surface area (Å²) in [7, 11) is 0. The molecule has 4 nitrogen and oxygen atoms in total. The maximum absolute atomic E-state index is 6.23. The van der Waals surface area contributed by atoms with Crippen LogP contribution < -0.4 is 5.73 Å². The van der Waals surface area contributed by atoms with Gasteiger partial charge >= 0.3 is 0 Å². The van der Waals surface area contributed by atoms with Crippen molar-refractivity contribution in [2.24, 2.45) is 5.92 Å². The second-order valence-electron chi connectivity index (χ2n) is 6.26. The Morgan fingerprint density at radius 3 is 2.67 bits per heavy atom. The second kappa shape index (κ2) is 4.72. The third kappa shape index (κ3) is 1.97. The first-order valence-electron chi connectivity index (χ1n) is 7.75. The molecule has 2 aromatic heterocycles. The van der Waals surface area contributed by atoms with E-state index in [1.807, 2.05) is 18.3 Å². The first-order valence-corrected chi connectivity index (χ1v) is 7.75. The van der Waals surface area contributed by atoms with Crippen LogP contribution in [0, 0.1) is 5.92 Å². The van der Waals surface area contributed by atoms with Gasteiger partial charge in [0.1, 0.15) is 5.52 Å². The van der Waals surface area contributed by atoms with E-state index in [-0.39, 0.29) is 0 Å². The van der Waals surface area contributed by atoms with E-state index in [4.69, 9.17) is 5.73 Å². The van der Waals surface area contributed by atoms with Gasteiger partial charge in [0.15, 0.2) is 0 Å². The molecule has 0 radical (unpaired) electrons. The highest BCUT2D eigenvalue weighted by Crippen LogP contribution is 2.37. The van der Waals surface area contributed by atoms with Gasteiger partial charge in [0.2, 0.25) is 5.95 Å². The SMILES string of the molecule is CC1CCC(n2c(N)nc3cnc4ccccc4c32)CC1. The van der Waals surface area contributed by atoms with Crippen LogP contribution in [-0.2, 0) is 0 Å². The summed E-state index contributed by atoms with van der Waals surface area (Å²) in [5.74, 6) is 1.46. The average Bonchev–Trinajstić information content (AvgIpc) is 2.85. The minimum absolute atomic E-state index is 0.469. The number of anilines is 1. The summed E-state index contributed by atoms with van der Waals surface area (Å²) in [5, 5.41) is 1.15. The van der Waals surface area contributed by atoms with Crippen molar-refractivity contribution in [1.82, 2.24) is 14.5 Å². The summed E-state index contributed by atoms with van der Waals surface area (Å²) in [6.45, 7) is 2.34. The largest absolute Gasteiger partial charge is 0.369 e. The minimum atomic E-state index is 0.469. The molecule has 1 fully saturated rings. The monoisotopic (exact) mass is 280 g/mol. The first kappa shape index (κ1) is 12.6. The summed E-state index contributed by atoms with van der Waals surface area (Å²) in [6, 6.07) is 8.71. The van der Waals surface area contributed by atoms with E-state index in [1.165, 1.54) is 25.7 Å². The lowest BCUT2D eigenvalue weighted by Gasteiger charge is -2.28. The highest BCUT2D eigenvalue weighted by Gasteiger charge is 2.24. The van der Waals surface area contributed by atoms with Crippen LogP contribution >= 0.6 is 0 Å². The van der Waals surface area contributed by atoms with Crippen LogP contribution in [0.5, 0.6) is 0 Å². The van der Waals surface area contributed by atoms with Gasteiger partial charge in [-0.05, 0) is 37.7 Å². The van der Waals surface area contributed by atoms with Gasteiger partial charge in [-0.1, -0.05) is 25.1 Å². The van der Waals surface area contributed by atoms with E-state index >= 15 is 0 Å². The molecule has 0 bridgehead atoms. The van der Waals surface area contributed by atoms with E-state index in [9.17, 15) is 0 Å². The number of pyridine rings is 1. The number of hydrogen-bond acceptors (Lipinski definition) is 3. The van der Waals surface area contributed by atoms with Gasteiger partial charge in [0.25, 0.3) is 0 Å². The van der Waals surface area contributed by atoms with Crippen LogP contribution in [0.25, 0.3) is 21.9 Å². The van der Waals surface area contributed by atoms with Gasteiger partial charge in [-0.2, -0.15) is 0 Å². The number of nitrogens with two attached hydrogens (primary N) is 1. The van der Waals surface area contributed by atoms with E-state index in [0.717, 1.165) is 27.9 Å². The fourth-order valence-electron chi connectivity index (χ4n) is 3.61. The molecule has 2 heterocycles. The molecule has 2 N–H and O–H groups in total. The number of nitrogen functional groups attached to an aromatic ring is 1. The number of nitrogens with zero attached hydrogens (tertiary/aromatic N) is 3. The smallest absolute Gasteiger partial charge is 0.201 e. The molecule has 1 aliphatic rings. The molecule has 0 spiro atoms. The van der Waals surface area contributed by atoms with Crippen LogP contribution in [0.4, 0.5) is 5.95 Å². The number of benzene rings is 1. The molecule has 0 atom stereocenters. The number of fused-ring (bicyclic) bond motifs is 3. The summed E-state index contributed by atoms with van der Waals surface area (Å²) in [6.07, 6.45) is 6.76. The van der Waals surface area contributed by atoms with Crippen LogP contribution in [0.15, 0.2) is 30.5 Å². The van der Waals surface area contributed by atoms with Crippen LogP contribution in [0.1, 0.15) is 38.6 Å². The normalized spacial score (nSPS) is 22.9. The Bertz CT molecular complexity index is 797. The molecular weight excluding hydrogens is 260 g/mol. The van der Waals surface area contributed by atoms with Crippen molar-refractivity contribution in [2.75, 3.05) is 5.73 Å². The van der Waals surface area contributed by atoms with E-state index in [2.05, 4.69) is 33.6 Å². The number of para-hydroxylation sites is 1. The summed E-state index contributed by atoms with van der Waals surface area (Å²) >= 11 is 0. The lowest BCUT2D eigenvalue weighted by atomic mass is 9.87. The predicted molar refractivity (Wildman–Crippen MR) is 86.1 cm³/mol. The fourth-order valence-corrected chi connectivity index (χ4v) is 3.61. The predicted octanol–water partition coefficient (Wildman–Crippen LogP) is 3.92. The Balaban J connectivity index is 1.95. The van der Waals surface area contributed by atoms with Crippen molar-refractivity contribution in [1.29, 1.82) is 0 Å². The molecule has 1 aliphatic carbocycles. The zero-order chi connectivity index (χ0) is 14.4. The Morgan fingerprint density at radius 2 is 1.86 bits per heavy atom. The quantitative estimate of drug-likeness (QED) is 0.735. The molecule has 3 aromatic rings. The van der Waals surface area contributed by atoms with Crippen molar-refractivity contribution in [3.05, 3.63) is 30.5 Å². The number of aromatic nitrogens is 3. The van der Waals surface area contributed by atoms with Gasteiger partial charge in [-0.15, -0.1) is 0 Å². The molecular formula is C17H20N4. The highest BCUT2D eigenvalue weighted by molar-refractivity contribution is 6.03. The minimum Gasteiger partial charge on any atom is -0.369 e. The summed E-state index contributed by atoms with van der Waals surface area (Å²) < 4.78 is 2.26. The molecule has 0 unspecified atom stereocenters. The molecule has 1 aromatic carbocycles. The maximum Gasteiger partial charge on any atom is 0.201 e. The lowest BCUT2D eigenvalue weighted by Crippen LogP contribution is -2.18. The highest BCUT2D eigenvalue weighted by atomic mass is 15.2. The van der Waals surface area contributed by atoms with Crippen molar-refractivity contribution in [3.8, 4) is 0 Å². The van der Waals surface area contributed by atoms with Crippen molar-refractivity contribution < 1.29 is 0 Å². The molecule has 4 rings (SSSR count). The molecule has 0 amide bonds. The second-order valence-corrected chi connectivity index (χ2v) is 6.26. The Kier molecular flexibility index (Phi) is 2.84. The summed E-state index contributed by atoms with van der Waals surface area (Å²) in [5.41, 5.74) is 9.30. The van der Waals surface area contributed by atoms with Gasteiger partial charge in [-0.25, -0.2) is 4.98 Å². The average molecular weight is 280 g/mol. The standard InChI is InChI=1S/C17H20N4/c1-11-6-8-12(9-7-11)21-16-13-4-2-3-5-14(13)19-10-15(16)20-17(21)18/h2-5,10-12H,6-9H2,1H3,(H2,18,20). The Morgan fingerprint density at radius 1 is 1.10 bits per heavy atom. The molecule has 21 heavy (non-hydrogen) atoms. The van der Waals surface area contributed by atoms with Crippen molar-refractivity contribution >= 4 is 27.9 Å². The molecule has 0 saturated heterocycles. The number of rotatable bonds is 1. The molecule has 1 saturated carbocycles. The molecule has 108 valence electrons. The van der Waals surface area contributed by atoms with Crippen molar-refractivity contribution in [2.45, 2.75) is 38.6 Å². The lowest BCUT2D eigenvalue weighted by molar-refractivity contribution is 0.296. The van der Waals surface area contributed by atoms with Gasteiger partial charge in [-0.3, -0.25) is 4.98 Å². The topological polar surface area (TPSA) is 56.7 Å². The Hall–Kier alpha value is -2.10. The molecule has 0 aliphatic heterocycles.